The van der Waals surface area contributed by atoms with Crippen molar-refractivity contribution in [3.05, 3.63) is 461 Å². The van der Waals surface area contributed by atoms with Crippen LogP contribution in [0.3, 0.4) is 0 Å². The Morgan fingerprint density at radius 2 is 0.417 bits per heavy atom. The molecule has 2 nitrogen and oxygen atoms in total. The van der Waals surface area contributed by atoms with Gasteiger partial charge >= 0.3 is 0 Å². The molecule has 0 aliphatic rings. The summed E-state index contributed by atoms with van der Waals surface area (Å²) in [6.45, 7) is 0. The predicted octanol–water partition coefficient (Wildman–Crippen LogP) is 34.0. The first-order valence-corrected chi connectivity index (χ1v) is 42.7. The molecule has 120 heavy (non-hydrogen) atoms. The van der Waals surface area contributed by atoms with Gasteiger partial charge in [0.05, 0.1) is 0 Å². The van der Waals surface area contributed by atoms with Gasteiger partial charge in [0.2, 0.25) is 0 Å². The van der Waals surface area contributed by atoms with Crippen molar-refractivity contribution in [3.63, 3.8) is 0 Å². The summed E-state index contributed by atoms with van der Waals surface area (Å²) in [7, 11) is 0. The summed E-state index contributed by atoms with van der Waals surface area (Å²) in [6, 6.07) is 170. The Morgan fingerprint density at radius 1 is 0.133 bits per heavy atom. The Bertz CT molecular complexity index is 7560. The van der Waals surface area contributed by atoms with Gasteiger partial charge in [0, 0.05) is 74.5 Å². The minimum absolute atomic E-state index is 1.07. The van der Waals surface area contributed by atoms with Crippen molar-refractivity contribution in [1.29, 1.82) is 0 Å². The third kappa shape index (κ3) is 13.9. The van der Waals surface area contributed by atoms with Crippen LogP contribution in [0, 0.1) is 0 Å². The second-order valence-corrected chi connectivity index (χ2v) is 33.3. The Hall–Kier alpha value is -15.0. The molecule has 0 atom stereocenters. The van der Waals surface area contributed by atoms with E-state index in [2.05, 4.69) is 471 Å². The molecule has 20 aromatic carbocycles. The first kappa shape index (κ1) is 71.5. The maximum atomic E-state index is 2.40. The van der Waals surface area contributed by atoms with E-state index in [1.807, 2.05) is 22.7 Å². The maximum Gasteiger partial charge on any atom is 0.0467 e. The molecule has 0 N–H and O–H groups in total. The number of rotatable bonds is 17. The second-order valence-electron chi connectivity index (χ2n) is 31.2. The fraction of sp³-hybridized carbons (Fsp3) is 0. The topological polar surface area (TPSA) is 6.48 Å². The van der Waals surface area contributed by atoms with E-state index in [0.29, 0.717) is 0 Å². The third-order valence-electron chi connectivity index (χ3n) is 23.8. The van der Waals surface area contributed by atoms with E-state index in [9.17, 15) is 0 Å². The zero-order valence-corrected chi connectivity index (χ0v) is 67.2. The molecule has 0 aliphatic heterocycles. The number of nitrogens with zero attached hydrogens (tertiary/aromatic N) is 2. The van der Waals surface area contributed by atoms with Crippen LogP contribution in [0.25, 0.3) is 184 Å². The van der Waals surface area contributed by atoms with E-state index < -0.39 is 0 Å². The average molecular weight is 1560 g/mol. The molecule has 562 valence electrons. The van der Waals surface area contributed by atoms with Crippen molar-refractivity contribution in [2.24, 2.45) is 0 Å². The Morgan fingerprint density at radius 3 is 0.900 bits per heavy atom. The molecule has 0 radical (unpaired) electrons. The van der Waals surface area contributed by atoms with Gasteiger partial charge in [-0.2, -0.15) is 0 Å². The molecule has 0 saturated carbocycles. The van der Waals surface area contributed by atoms with Crippen molar-refractivity contribution in [2.45, 2.75) is 0 Å². The molecule has 22 rings (SSSR count). The Kier molecular flexibility index (Phi) is 18.4. The van der Waals surface area contributed by atoms with Gasteiger partial charge in [-0.15, -0.1) is 22.7 Å². The fourth-order valence-corrected chi connectivity index (χ4v) is 19.9. The number of benzene rings is 20. The molecule has 0 unspecified atom stereocenters. The zero-order valence-electron chi connectivity index (χ0n) is 65.6. The van der Waals surface area contributed by atoms with Crippen LogP contribution in [0.2, 0.25) is 0 Å². The standard InChI is InChI=1S/C116H76N2S2/c1-4-20-77(21-5-1)96-68-97(78-22-6-2-7-23-78)70-99(69-96)82-48-57-104(58-49-82)118(105-61-52-84(53-62-105)108-36-19-37-111-109-34-12-15-39-114(109)120-116(108)111)107-33-18-31-89(75-107)92-43-45-93-66-90(42-44-94(93)67-92)86-28-16-29-87(65-86)101-72-98(79-24-8-3-9-25-79)71-100(73-101)83-50-59-103(60-51-83)117(106-32-17-30-88(74-106)91-41-40-80-26-10-11-27-85(80)64-91)102-55-46-81(47-56-102)95-54-63-115-112(76-95)110-35-13-14-38-113(110)119-115/h1-76H. The highest BCUT2D eigenvalue weighted by molar-refractivity contribution is 7.26. The summed E-state index contributed by atoms with van der Waals surface area (Å²) in [5.74, 6) is 0. The number of hydrogen-bond acceptors (Lipinski definition) is 4. The largest absolute Gasteiger partial charge is 0.310 e. The number of anilines is 6. The Labute approximate surface area is 706 Å². The van der Waals surface area contributed by atoms with Gasteiger partial charge in [-0.3, -0.25) is 0 Å². The van der Waals surface area contributed by atoms with Crippen LogP contribution < -0.4 is 9.80 Å². The van der Waals surface area contributed by atoms with Gasteiger partial charge in [-0.05, 0) is 302 Å². The first-order valence-electron chi connectivity index (χ1n) is 41.0. The van der Waals surface area contributed by atoms with Gasteiger partial charge in [0.25, 0.3) is 0 Å². The highest BCUT2D eigenvalue weighted by Crippen LogP contribution is 2.47. The second kappa shape index (κ2) is 30.9. The van der Waals surface area contributed by atoms with Crippen LogP contribution >= 0.6 is 22.7 Å². The van der Waals surface area contributed by atoms with Gasteiger partial charge in [-0.1, -0.05) is 303 Å². The molecule has 22 aromatic rings. The van der Waals surface area contributed by atoms with E-state index in [4.69, 9.17) is 0 Å². The van der Waals surface area contributed by atoms with Crippen LogP contribution in [0.15, 0.2) is 461 Å². The molecule has 0 aliphatic carbocycles. The van der Waals surface area contributed by atoms with E-state index in [1.54, 1.807) is 0 Å². The smallest absolute Gasteiger partial charge is 0.0467 e. The zero-order chi connectivity index (χ0) is 79.4. The summed E-state index contributed by atoms with van der Waals surface area (Å²) in [5.41, 5.74) is 32.2. The van der Waals surface area contributed by atoms with Crippen molar-refractivity contribution in [1.82, 2.24) is 0 Å². The fourth-order valence-electron chi connectivity index (χ4n) is 17.6. The summed E-state index contributed by atoms with van der Waals surface area (Å²) >= 11 is 3.73. The predicted molar refractivity (Wildman–Crippen MR) is 516 cm³/mol. The molecular formula is C116H76N2S2. The highest BCUT2D eigenvalue weighted by Gasteiger charge is 2.21. The number of thiophene rings is 2. The lowest BCUT2D eigenvalue weighted by Crippen LogP contribution is -2.10. The quantitative estimate of drug-likeness (QED) is 0.0896. The van der Waals surface area contributed by atoms with E-state index >= 15 is 0 Å². The summed E-state index contributed by atoms with van der Waals surface area (Å²) in [6.07, 6.45) is 0. The lowest BCUT2D eigenvalue weighted by Gasteiger charge is -2.26. The lowest BCUT2D eigenvalue weighted by molar-refractivity contribution is 1.28. The van der Waals surface area contributed by atoms with Gasteiger partial charge in [0.15, 0.2) is 0 Å². The van der Waals surface area contributed by atoms with Crippen molar-refractivity contribution >= 4 is 119 Å². The molecule has 0 spiro atoms. The van der Waals surface area contributed by atoms with Crippen molar-refractivity contribution < 1.29 is 0 Å². The molecule has 2 aromatic heterocycles. The normalized spacial score (nSPS) is 11.5. The molecule has 0 saturated heterocycles. The minimum atomic E-state index is 1.07. The van der Waals surface area contributed by atoms with Crippen LogP contribution in [0.1, 0.15) is 0 Å². The third-order valence-corrected chi connectivity index (χ3v) is 26.1. The highest BCUT2D eigenvalue weighted by atomic mass is 32.1. The monoisotopic (exact) mass is 1560 g/mol. The summed E-state index contributed by atoms with van der Waals surface area (Å²) in [4.78, 5) is 4.80. The average Bonchev–Trinajstić information content (AvgIpc) is 1.11. The van der Waals surface area contributed by atoms with E-state index in [1.165, 1.54) is 129 Å². The van der Waals surface area contributed by atoms with Crippen molar-refractivity contribution in [2.75, 3.05) is 9.80 Å². The van der Waals surface area contributed by atoms with E-state index in [0.717, 1.165) is 89.8 Å². The number of hydrogen-bond donors (Lipinski definition) is 0. The van der Waals surface area contributed by atoms with Crippen LogP contribution in [-0.4, -0.2) is 0 Å². The molecule has 0 amide bonds. The summed E-state index contributed by atoms with van der Waals surface area (Å²) < 4.78 is 5.24. The van der Waals surface area contributed by atoms with Gasteiger partial charge in [-0.25, -0.2) is 0 Å². The van der Waals surface area contributed by atoms with Gasteiger partial charge < -0.3 is 9.80 Å². The van der Waals surface area contributed by atoms with Crippen molar-refractivity contribution in [3.8, 4) is 122 Å². The van der Waals surface area contributed by atoms with Gasteiger partial charge in [0.1, 0.15) is 0 Å². The molecule has 0 bridgehead atoms. The first-order chi connectivity index (χ1) is 59.4. The maximum absolute atomic E-state index is 2.40. The molecule has 2 heterocycles. The van der Waals surface area contributed by atoms with Crippen LogP contribution in [-0.2, 0) is 0 Å². The van der Waals surface area contributed by atoms with Crippen LogP contribution in [0.4, 0.5) is 34.1 Å². The van der Waals surface area contributed by atoms with Crippen LogP contribution in [0.5, 0.6) is 0 Å². The summed E-state index contributed by atoms with van der Waals surface area (Å²) in [5, 5.41) is 10.0. The van der Waals surface area contributed by atoms with E-state index in [-0.39, 0.29) is 0 Å². The molecule has 0 fully saturated rings. The Balaban J connectivity index is 0.574. The SMILES string of the molecule is c1ccc(-c2cc(-c3ccccc3)cc(-c3ccc(N(c4ccc(-c5cccc6c5sc5ccccc56)cc4)c4cccc(-c5ccc6cc(-c7cccc(-c8cc(-c9ccccc9)cc(-c9ccc(N(c%10ccc(-c%11ccc%12sc%13ccccc%13c%12c%11)cc%10)c%10cccc(-c%11ccc%12ccccc%12c%11)c%10)cc9)c8)c7)ccc6c5)c4)cc3)c2)cc1. The molecule has 4 heteroatoms. The lowest BCUT2D eigenvalue weighted by atomic mass is 9.91. The molecular weight excluding hydrogens is 1490 g/mol. The number of fused-ring (bicyclic) bond motifs is 8. The minimum Gasteiger partial charge on any atom is -0.310 e.